The normalized spacial score (nSPS) is 11.5. The lowest BCUT2D eigenvalue weighted by molar-refractivity contribution is 0.857. The molecule has 0 saturated heterocycles. The van der Waals surface area contributed by atoms with Crippen LogP contribution in [0.15, 0.2) is 64.8 Å². The second-order valence-corrected chi connectivity index (χ2v) is 7.63. The summed E-state index contributed by atoms with van der Waals surface area (Å²) in [7, 11) is 1.71. The van der Waals surface area contributed by atoms with Gasteiger partial charge in [0.2, 0.25) is 5.78 Å². The lowest BCUT2D eigenvalue weighted by Gasteiger charge is -2.09. The topological polar surface area (TPSA) is 82.9 Å². The van der Waals surface area contributed by atoms with Gasteiger partial charge in [-0.25, -0.2) is 0 Å². The van der Waals surface area contributed by atoms with Crippen LogP contribution in [0.4, 0.5) is 0 Å². The van der Waals surface area contributed by atoms with Gasteiger partial charge in [0.1, 0.15) is 12.2 Å². The molecule has 5 rings (SSSR count). The van der Waals surface area contributed by atoms with E-state index in [0.29, 0.717) is 16.9 Å². The van der Waals surface area contributed by atoms with Crippen molar-refractivity contribution >= 4 is 28.4 Å². The number of aryl methyl sites for hydroxylation is 2. The highest BCUT2D eigenvalue weighted by atomic mass is 32.2. The molecule has 0 atom stereocenters. The van der Waals surface area contributed by atoms with E-state index in [2.05, 4.69) is 33.4 Å². The van der Waals surface area contributed by atoms with Gasteiger partial charge in [0, 0.05) is 7.05 Å². The molecule has 0 aliphatic carbocycles. The van der Waals surface area contributed by atoms with Crippen LogP contribution in [0.1, 0.15) is 11.4 Å². The van der Waals surface area contributed by atoms with Crippen LogP contribution in [0.3, 0.4) is 0 Å². The zero-order chi connectivity index (χ0) is 20.0. The number of fused-ring (bicyclic) bond motifs is 3. The fraction of sp³-hybridized carbons (Fsp3) is 0.150. The standard InChI is InChI=1S/C20H17N7OS/c1-13-7-3-5-9-15(13)26-12-21-24-20(26)29-11-17-22-23-19-25(2)18(28)14-8-4-6-10-16(14)27(17)19/h3-10,12H,11H2,1-2H3. The zero-order valence-electron chi connectivity index (χ0n) is 15.9. The van der Waals surface area contributed by atoms with Gasteiger partial charge in [0.25, 0.3) is 5.56 Å². The fourth-order valence-electron chi connectivity index (χ4n) is 3.44. The molecule has 0 unspecified atom stereocenters. The maximum Gasteiger partial charge on any atom is 0.262 e. The van der Waals surface area contributed by atoms with E-state index in [1.54, 1.807) is 13.4 Å². The van der Waals surface area contributed by atoms with Crippen molar-refractivity contribution in [1.82, 2.24) is 33.9 Å². The number of para-hydroxylation sites is 2. The van der Waals surface area contributed by atoms with Crippen molar-refractivity contribution in [2.45, 2.75) is 17.8 Å². The Morgan fingerprint density at radius 2 is 1.79 bits per heavy atom. The number of aromatic nitrogens is 7. The van der Waals surface area contributed by atoms with Gasteiger partial charge in [-0.15, -0.1) is 20.4 Å². The second-order valence-electron chi connectivity index (χ2n) is 6.69. The SMILES string of the molecule is Cc1ccccc1-n1cnnc1SCc1nnc2n(C)c(=O)c3ccccc3n12. The van der Waals surface area contributed by atoms with Crippen molar-refractivity contribution in [3.05, 3.63) is 76.6 Å². The van der Waals surface area contributed by atoms with Crippen LogP contribution < -0.4 is 5.56 Å². The second kappa shape index (κ2) is 6.85. The summed E-state index contributed by atoms with van der Waals surface area (Å²) in [6.07, 6.45) is 1.71. The van der Waals surface area contributed by atoms with Gasteiger partial charge in [0.15, 0.2) is 5.16 Å². The fourth-order valence-corrected chi connectivity index (χ4v) is 4.27. The van der Waals surface area contributed by atoms with Gasteiger partial charge < -0.3 is 0 Å². The third-order valence-electron chi connectivity index (χ3n) is 4.91. The minimum atomic E-state index is -0.0843. The molecule has 5 aromatic rings. The third-order valence-corrected chi connectivity index (χ3v) is 5.85. The van der Waals surface area contributed by atoms with Crippen molar-refractivity contribution in [1.29, 1.82) is 0 Å². The van der Waals surface area contributed by atoms with Gasteiger partial charge >= 0.3 is 0 Å². The van der Waals surface area contributed by atoms with E-state index in [-0.39, 0.29) is 5.56 Å². The van der Waals surface area contributed by atoms with Gasteiger partial charge in [-0.1, -0.05) is 42.1 Å². The van der Waals surface area contributed by atoms with Gasteiger partial charge in [-0.3, -0.25) is 18.3 Å². The molecule has 8 nitrogen and oxygen atoms in total. The summed E-state index contributed by atoms with van der Waals surface area (Å²) >= 11 is 1.53. The highest BCUT2D eigenvalue weighted by molar-refractivity contribution is 7.98. The molecule has 0 spiro atoms. The van der Waals surface area contributed by atoms with Crippen molar-refractivity contribution in [2.75, 3.05) is 0 Å². The van der Waals surface area contributed by atoms with Crippen molar-refractivity contribution in [2.24, 2.45) is 7.05 Å². The van der Waals surface area contributed by atoms with Gasteiger partial charge in [-0.05, 0) is 30.7 Å². The van der Waals surface area contributed by atoms with Crippen LogP contribution in [-0.4, -0.2) is 33.9 Å². The average Bonchev–Trinajstić information content (AvgIpc) is 3.38. The van der Waals surface area contributed by atoms with E-state index in [0.717, 1.165) is 27.7 Å². The van der Waals surface area contributed by atoms with Crippen molar-refractivity contribution in [3.63, 3.8) is 0 Å². The summed E-state index contributed by atoms with van der Waals surface area (Å²) in [5.41, 5.74) is 2.90. The first kappa shape index (κ1) is 17.6. The monoisotopic (exact) mass is 403 g/mol. The van der Waals surface area contributed by atoms with E-state index >= 15 is 0 Å². The minimum Gasteiger partial charge on any atom is -0.279 e. The number of rotatable bonds is 4. The summed E-state index contributed by atoms with van der Waals surface area (Å²) in [6.45, 7) is 2.06. The minimum absolute atomic E-state index is 0.0843. The Labute approximate surface area is 169 Å². The Balaban J connectivity index is 1.56. The Morgan fingerprint density at radius 3 is 2.66 bits per heavy atom. The van der Waals surface area contributed by atoms with Crippen LogP contribution >= 0.6 is 11.8 Å². The molecule has 2 aromatic carbocycles. The number of nitrogens with zero attached hydrogens (tertiary/aromatic N) is 7. The molecule has 0 bridgehead atoms. The van der Waals surface area contributed by atoms with E-state index in [1.807, 2.05) is 51.4 Å². The summed E-state index contributed by atoms with van der Waals surface area (Å²) in [4.78, 5) is 12.6. The molecule has 0 N–H and O–H groups in total. The molecule has 0 aliphatic rings. The van der Waals surface area contributed by atoms with Crippen LogP contribution in [-0.2, 0) is 12.8 Å². The zero-order valence-corrected chi connectivity index (χ0v) is 16.7. The van der Waals surface area contributed by atoms with E-state index in [9.17, 15) is 4.79 Å². The Kier molecular flexibility index (Phi) is 4.17. The molecule has 144 valence electrons. The number of hydrogen-bond acceptors (Lipinski definition) is 6. The highest BCUT2D eigenvalue weighted by Crippen LogP contribution is 2.25. The summed E-state index contributed by atoms with van der Waals surface area (Å²) < 4.78 is 5.43. The summed E-state index contributed by atoms with van der Waals surface area (Å²) in [5.74, 6) is 1.80. The Morgan fingerprint density at radius 1 is 1.00 bits per heavy atom. The lowest BCUT2D eigenvalue weighted by atomic mass is 10.2. The molecule has 0 radical (unpaired) electrons. The average molecular weight is 403 g/mol. The Hall–Kier alpha value is -3.46. The molecular weight excluding hydrogens is 386 g/mol. The summed E-state index contributed by atoms with van der Waals surface area (Å²) in [5, 5.41) is 18.3. The Bertz CT molecular complexity index is 1420. The first-order valence-corrected chi connectivity index (χ1v) is 10.0. The van der Waals surface area contributed by atoms with E-state index in [1.165, 1.54) is 16.3 Å². The van der Waals surface area contributed by atoms with Crippen LogP contribution in [0.25, 0.3) is 22.4 Å². The predicted octanol–water partition coefficient (Wildman–Crippen LogP) is 2.76. The first-order chi connectivity index (χ1) is 14.1. The largest absolute Gasteiger partial charge is 0.279 e. The molecule has 3 aromatic heterocycles. The predicted molar refractivity (Wildman–Crippen MR) is 111 cm³/mol. The van der Waals surface area contributed by atoms with E-state index in [4.69, 9.17) is 0 Å². The maximum atomic E-state index is 12.6. The quantitative estimate of drug-likeness (QED) is 0.429. The lowest BCUT2D eigenvalue weighted by Crippen LogP contribution is -2.20. The van der Waals surface area contributed by atoms with Gasteiger partial charge in [0.05, 0.1) is 22.3 Å². The maximum absolute atomic E-state index is 12.6. The summed E-state index contributed by atoms with van der Waals surface area (Å²) in [6, 6.07) is 15.6. The van der Waals surface area contributed by atoms with Gasteiger partial charge in [-0.2, -0.15) is 0 Å². The van der Waals surface area contributed by atoms with Crippen LogP contribution in [0, 0.1) is 6.92 Å². The van der Waals surface area contributed by atoms with Crippen molar-refractivity contribution in [3.8, 4) is 5.69 Å². The molecule has 0 amide bonds. The first-order valence-electron chi connectivity index (χ1n) is 9.05. The highest BCUT2D eigenvalue weighted by Gasteiger charge is 2.16. The number of hydrogen-bond donors (Lipinski definition) is 0. The smallest absolute Gasteiger partial charge is 0.262 e. The number of thioether (sulfide) groups is 1. The third kappa shape index (κ3) is 2.82. The molecule has 0 fully saturated rings. The van der Waals surface area contributed by atoms with Crippen LogP contribution in [0.5, 0.6) is 0 Å². The van der Waals surface area contributed by atoms with E-state index < -0.39 is 0 Å². The molecule has 29 heavy (non-hydrogen) atoms. The molecular formula is C20H17N7OS. The molecule has 3 heterocycles. The molecule has 0 saturated carbocycles. The molecule has 0 aliphatic heterocycles. The number of benzene rings is 2. The van der Waals surface area contributed by atoms with Crippen LogP contribution in [0.2, 0.25) is 0 Å². The van der Waals surface area contributed by atoms with Crippen molar-refractivity contribution < 1.29 is 0 Å². The molecule has 9 heteroatoms.